The monoisotopic (exact) mass is 562 g/mol. The van der Waals surface area contributed by atoms with Gasteiger partial charge in [-0.15, -0.1) is 0 Å². The van der Waals surface area contributed by atoms with Crippen molar-refractivity contribution in [3.8, 4) is 23.0 Å². The Kier molecular flexibility index (Phi) is 6.97. The lowest BCUT2D eigenvalue weighted by Crippen LogP contribution is -2.57. The van der Waals surface area contributed by atoms with Gasteiger partial charge in [-0.05, 0) is 69.4 Å². The molecular weight excluding hydrogens is 524 g/mol. The van der Waals surface area contributed by atoms with Gasteiger partial charge in [0.05, 0.1) is 14.2 Å². The van der Waals surface area contributed by atoms with E-state index in [-0.39, 0.29) is 22.0 Å². The van der Waals surface area contributed by atoms with Crippen LogP contribution in [0, 0.1) is 12.8 Å². The fraction of sp³-hybridized carbons (Fsp3) is 0.455. The van der Waals surface area contributed by atoms with Crippen molar-refractivity contribution < 1.29 is 26.8 Å². The highest BCUT2D eigenvalue weighted by molar-refractivity contribution is 7.87. The Hall–Kier alpha value is -3.19. The van der Waals surface area contributed by atoms with Gasteiger partial charge in [-0.3, -0.25) is 0 Å². The van der Waals surface area contributed by atoms with Crippen LogP contribution in [0.3, 0.4) is 0 Å². The largest absolute Gasteiger partial charge is 0.497 e. The molecule has 2 aliphatic carbocycles. The van der Waals surface area contributed by atoms with Gasteiger partial charge in [0, 0.05) is 34.6 Å². The zero-order valence-corrected chi connectivity index (χ0v) is 24.4. The normalized spacial score (nSPS) is 23.4. The van der Waals surface area contributed by atoms with E-state index in [0.717, 1.165) is 61.2 Å². The number of fused-ring (bicyclic) bond motifs is 4. The van der Waals surface area contributed by atoms with Gasteiger partial charge in [-0.2, -0.15) is 8.42 Å². The van der Waals surface area contributed by atoms with Gasteiger partial charge in [0.1, 0.15) is 27.7 Å². The van der Waals surface area contributed by atoms with E-state index >= 15 is 0 Å². The van der Waals surface area contributed by atoms with E-state index in [1.165, 1.54) is 24.8 Å². The number of hydrogen-bond donors (Lipinski definition) is 0. The summed E-state index contributed by atoms with van der Waals surface area (Å²) in [4.78, 5) is 0.118. The van der Waals surface area contributed by atoms with Crippen molar-refractivity contribution >= 4 is 10.1 Å². The number of benzene rings is 3. The van der Waals surface area contributed by atoms with Crippen LogP contribution >= 0.6 is 0 Å². The van der Waals surface area contributed by atoms with Crippen LogP contribution in [0.2, 0.25) is 0 Å². The molecule has 1 spiro atoms. The van der Waals surface area contributed by atoms with E-state index < -0.39 is 15.7 Å². The molecule has 3 aromatic carbocycles. The third kappa shape index (κ3) is 4.43. The minimum absolute atomic E-state index is 0.0500. The summed E-state index contributed by atoms with van der Waals surface area (Å²) in [5, 5.41) is 0. The second-order valence-electron chi connectivity index (χ2n) is 11.6. The third-order valence-corrected chi connectivity index (χ3v) is 10.7. The summed E-state index contributed by atoms with van der Waals surface area (Å²) in [6.07, 6.45) is 9.67. The van der Waals surface area contributed by atoms with Crippen molar-refractivity contribution in [1.29, 1.82) is 0 Å². The van der Waals surface area contributed by atoms with Crippen molar-refractivity contribution in [1.82, 2.24) is 0 Å². The molecule has 3 aliphatic rings. The van der Waals surface area contributed by atoms with Gasteiger partial charge < -0.3 is 18.4 Å². The smallest absolute Gasteiger partial charge is 0.339 e. The molecule has 3 aromatic rings. The van der Waals surface area contributed by atoms with E-state index in [4.69, 9.17) is 18.4 Å². The number of aryl methyl sites for hydroxylation is 1. The maximum atomic E-state index is 13.6. The molecule has 0 bridgehead atoms. The van der Waals surface area contributed by atoms with Crippen LogP contribution in [0.1, 0.15) is 74.5 Å². The minimum Gasteiger partial charge on any atom is -0.497 e. The van der Waals surface area contributed by atoms with Crippen LogP contribution in [-0.2, 0) is 21.1 Å². The Bertz CT molecular complexity index is 1490. The lowest BCUT2D eigenvalue weighted by atomic mass is 9.51. The van der Waals surface area contributed by atoms with E-state index in [2.05, 4.69) is 6.07 Å². The van der Waals surface area contributed by atoms with Crippen LogP contribution < -0.4 is 18.4 Å². The summed E-state index contributed by atoms with van der Waals surface area (Å²) in [5.41, 5.74) is 2.23. The van der Waals surface area contributed by atoms with Crippen LogP contribution in [0.25, 0.3) is 0 Å². The zero-order valence-electron chi connectivity index (χ0n) is 23.6. The lowest BCUT2D eigenvalue weighted by molar-refractivity contribution is -0.0956. The third-order valence-electron chi connectivity index (χ3n) is 9.44. The Balaban J connectivity index is 1.54. The first kappa shape index (κ1) is 27.0. The first-order valence-electron chi connectivity index (χ1n) is 14.4. The average Bonchev–Trinajstić information content (AvgIpc) is 2.97. The number of rotatable bonds is 6. The van der Waals surface area contributed by atoms with E-state index in [1.807, 2.05) is 31.2 Å². The van der Waals surface area contributed by atoms with Crippen LogP contribution in [0.15, 0.2) is 65.6 Å². The Morgan fingerprint density at radius 3 is 2.12 bits per heavy atom. The van der Waals surface area contributed by atoms with Gasteiger partial charge in [-0.1, -0.05) is 49.4 Å². The standard InChI is InChI=1S/C33H38O6S/c1-23-10-14-26(15-11-23)40(34,35)39-30-22-25(37-3)13-17-28(30)33-20-8-5-9-31(33)32(18-6-4-7-19-32)27-16-12-24(36-2)21-29(27)38-33/h10-17,21-22,31H,4-9,18-20H2,1-3H3/t31-,33+/m0/s1. The molecule has 1 aliphatic heterocycles. The highest BCUT2D eigenvalue weighted by Crippen LogP contribution is 2.64. The number of ether oxygens (including phenoxy) is 3. The number of hydrogen-bond acceptors (Lipinski definition) is 6. The fourth-order valence-corrected chi connectivity index (χ4v) is 8.53. The summed E-state index contributed by atoms with van der Waals surface area (Å²) >= 11 is 0. The van der Waals surface area contributed by atoms with Crippen LogP contribution in [-0.4, -0.2) is 22.6 Å². The molecule has 6 rings (SSSR count). The molecule has 0 radical (unpaired) electrons. The molecule has 40 heavy (non-hydrogen) atoms. The molecule has 2 saturated carbocycles. The van der Waals surface area contributed by atoms with Crippen molar-refractivity contribution in [2.75, 3.05) is 14.2 Å². The van der Waals surface area contributed by atoms with Gasteiger partial charge in [-0.25, -0.2) is 0 Å². The van der Waals surface area contributed by atoms with E-state index in [1.54, 1.807) is 44.6 Å². The summed E-state index contributed by atoms with van der Waals surface area (Å²) in [7, 11) is -0.846. The predicted molar refractivity (Wildman–Crippen MR) is 154 cm³/mol. The zero-order chi connectivity index (χ0) is 28.0. The van der Waals surface area contributed by atoms with E-state index in [9.17, 15) is 8.42 Å². The Morgan fingerprint density at radius 1 is 0.775 bits per heavy atom. The van der Waals surface area contributed by atoms with Crippen LogP contribution in [0.5, 0.6) is 23.0 Å². The van der Waals surface area contributed by atoms with Crippen molar-refractivity contribution in [3.05, 3.63) is 77.4 Å². The highest BCUT2D eigenvalue weighted by Gasteiger charge is 2.60. The maximum Gasteiger partial charge on any atom is 0.339 e. The summed E-state index contributed by atoms with van der Waals surface area (Å²) < 4.78 is 51.4. The molecule has 0 unspecified atom stereocenters. The average molecular weight is 563 g/mol. The first-order valence-corrected chi connectivity index (χ1v) is 15.8. The SMILES string of the molecule is COc1ccc2c(c1)O[C@@]1(c3ccc(OC)cc3OS(=O)(=O)c3ccc(C)cc3)CCCC[C@H]1C21CCCCC1. The first-order chi connectivity index (χ1) is 19.3. The quantitative estimate of drug-likeness (QED) is 0.291. The molecule has 6 nitrogen and oxygen atoms in total. The van der Waals surface area contributed by atoms with Gasteiger partial charge in [0.2, 0.25) is 0 Å². The van der Waals surface area contributed by atoms with Crippen molar-refractivity contribution in [2.45, 2.75) is 80.6 Å². The molecule has 212 valence electrons. The summed E-state index contributed by atoms with van der Waals surface area (Å²) in [5.74, 6) is 2.58. The minimum atomic E-state index is -4.09. The molecule has 0 N–H and O–H groups in total. The highest BCUT2D eigenvalue weighted by atomic mass is 32.2. The fourth-order valence-electron chi connectivity index (χ4n) is 7.59. The van der Waals surface area contributed by atoms with Crippen LogP contribution in [0.4, 0.5) is 0 Å². The molecular formula is C33H38O6S. The second kappa shape index (κ2) is 10.3. The molecule has 2 atom stereocenters. The second-order valence-corrected chi connectivity index (χ2v) is 13.1. The summed E-state index contributed by atoms with van der Waals surface area (Å²) in [6.45, 7) is 1.92. The molecule has 1 heterocycles. The topological polar surface area (TPSA) is 71.1 Å². The molecule has 7 heteroatoms. The Morgan fingerprint density at radius 2 is 1.43 bits per heavy atom. The predicted octanol–water partition coefficient (Wildman–Crippen LogP) is 7.46. The lowest BCUT2D eigenvalue weighted by Gasteiger charge is -2.58. The van der Waals surface area contributed by atoms with Crippen molar-refractivity contribution in [2.24, 2.45) is 5.92 Å². The van der Waals surface area contributed by atoms with Crippen molar-refractivity contribution in [3.63, 3.8) is 0 Å². The number of methoxy groups -OCH3 is 2. The molecule has 2 fully saturated rings. The molecule has 0 saturated heterocycles. The molecule has 0 aromatic heterocycles. The molecule has 0 amide bonds. The maximum absolute atomic E-state index is 13.6. The van der Waals surface area contributed by atoms with E-state index in [0.29, 0.717) is 5.75 Å². The van der Waals surface area contributed by atoms with Gasteiger partial charge in [0.15, 0.2) is 5.75 Å². The van der Waals surface area contributed by atoms with Gasteiger partial charge >= 0.3 is 10.1 Å². The Labute approximate surface area is 237 Å². The summed E-state index contributed by atoms with van der Waals surface area (Å²) in [6, 6.07) is 18.5. The van der Waals surface area contributed by atoms with Gasteiger partial charge in [0.25, 0.3) is 0 Å².